The first-order valence-corrected chi connectivity index (χ1v) is 24.1. The van der Waals surface area contributed by atoms with Crippen LogP contribution in [0.2, 0.25) is 0 Å². The van der Waals surface area contributed by atoms with Crippen LogP contribution in [0.15, 0.2) is 40.9 Å². The summed E-state index contributed by atoms with van der Waals surface area (Å²) in [6, 6.07) is -1.54. The summed E-state index contributed by atoms with van der Waals surface area (Å²) in [6.07, 6.45) is 5.91. The molecule has 0 spiro atoms. The minimum absolute atomic E-state index is 0.00426. The van der Waals surface area contributed by atoms with Gasteiger partial charge in [-0.1, -0.05) is 25.5 Å². The molecule has 5 unspecified atom stereocenters. The number of pyridine rings is 1. The van der Waals surface area contributed by atoms with Crippen molar-refractivity contribution < 1.29 is 82.1 Å². The molecule has 388 valence electrons. The van der Waals surface area contributed by atoms with Crippen LogP contribution in [0.1, 0.15) is 101 Å². The number of hydrogen-bond acceptors (Lipinski definition) is 16. The second kappa shape index (κ2) is 19.7. The maximum absolute atomic E-state index is 15.9. The van der Waals surface area contributed by atoms with Crippen LogP contribution in [0, 0.1) is 34.4 Å². The van der Waals surface area contributed by atoms with Crippen LogP contribution in [0.5, 0.6) is 5.75 Å². The largest absolute Gasteiger partial charge is 0.492 e. The Bertz CT molecular complexity index is 2750. The molecule has 5 fully saturated rings. The Morgan fingerprint density at radius 2 is 1.71 bits per heavy atom. The molecule has 5 N–H and O–H groups in total. The van der Waals surface area contributed by atoms with Gasteiger partial charge in [0.25, 0.3) is 0 Å². The highest BCUT2D eigenvalue weighted by Crippen LogP contribution is 2.67. The van der Waals surface area contributed by atoms with Gasteiger partial charge in [-0.15, -0.1) is 0 Å². The number of piperazine rings is 1. The number of carbonyl (C=O) groups excluding carboxylic acids is 6. The summed E-state index contributed by atoms with van der Waals surface area (Å²) < 4.78 is 38.4. The molecule has 2 amide bonds. The summed E-state index contributed by atoms with van der Waals surface area (Å²) in [5, 5.41) is 44.9. The molecule has 2 aromatic rings. The van der Waals surface area contributed by atoms with Crippen molar-refractivity contribution in [3.63, 3.8) is 0 Å². The maximum Gasteiger partial charge on any atom is 0.413 e. The van der Waals surface area contributed by atoms with E-state index < -0.39 is 126 Å². The van der Waals surface area contributed by atoms with E-state index in [1.807, 2.05) is 13.0 Å². The summed E-state index contributed by atoms with van der Waals surface area (Å²) in [5.74, 6) is -8.17. The standard InChI is InChI=1S/C50H59FN4O17/c1-25-21-53(42-33(51)18-30-41(44(42)69-4)55(27-6-7-27)22-31(43(30)62)45(63)64)15-16-54(25)47(67)72-24-71-39(61)19-34(46(65)66)52-37(59)9-10-38(60)70-23-36(58)50(68)14-12-32-29-8-5-26-17-28(56)11-13-48(26,2)40(29)35(57)20-49(32,50)3/h11,13,17-18,22,25,27,29,32,34-35,40,57,68H,5-10,12,14-16,19-21,23-24H2,1-4H3,(H,52,59)(H,63,64)(H,65,66)/t25?,29?,32?,34?,35-,40?,48-,49-,50-/m0/s1. The molecule has 1 aromatic heterocycles. The highest BCUT2D eigenvalue weighted by molar-refractivity contribution is 6.01. The fraction of sp³-hybridized carbons (Fsp3) is 0.580. The van der Waals surface area contributed by atoms with Crippen LogP contribution in [0.25, 0.3) is 10.9 Å². The van der Waals surface area contributed by atoms with Crippen molar-refractivity contribution in [2.45, 2.75) is 115 Å². The third-order valence-corrected chi connectivity index (χ3v) is 16.2. The number of hydrogen-bond donors (Lipinski definition) is 5. The number of allylic oxidation sites excluding steroid dienone is 4. The summed E-state index contributed by atoms with van der Waals surface area (Å²) in [4.78, 5) is 117. The SMILES string of the molecule is COc1c(N2CCN(C(=O)OCOC(=O)CC(NC(=O)CCC(=O)OCC(=O)[C@@]3(O)CCC4C5CCC6=CC(=O)C=C[C@]6(C)C5[C@@H](O)C[C@@]43C)C(=O)O)C(C)C2)c(F)cc2c(=O)c(C(=O)O)cn(C3CC3)c12. The van der Waals surface area contributed by atoms with Crippen LogP contribution in [0.3, 0.4) is 0 Å². The number of benzene rings is 1. The number of esters is 2. The summed E-state index contributed by atoms with van der Waals surface area (Å²) in [6.45, 7) is 3.85. The van der Waals surface area contributed by atoms with Gasteiger partial charge in [-0.05, 0) is 81.9 Å². The fourth-order valence-electron chi connectivity index (χ4n) is 12.4. The van der Waals surface area contributed by atoms with E-state index >= 15 is 4.39 Å². The normalized spacial score (nSPS) is 29.0. The third-order valence-electron chi connectivity index (χ3n) is 16.2. The zero-order valence-corrected chi connectivity index (χ0v) is 40.4. The molecular weight excluding hydrogens is 948 g/mol. The van der Waals surface area contributed by atoms with E-state index in [4.69, 9.17) is 18.9 Å². The molecule has 5 aliphatic carbocycles. The average molecular weight is 1010 g/mol. The van der Waals surface area contributed by atoms with Crippen LogP contribution in [-0.2, 0) is 43.0 Å². The lowest BCUT2D eigenvalue weighted by Crippen LogP contribution is -2.61. The number of carboxylic acid groups (broad SMARTS) is 2. The number of fused-ring (bicyclic) bond motifs is 6. The first-order valence-electron chi connectivity index (χ1n) is 24.1. The minimum atomic E-state index is -1.91. The van der Waals surface area contributed by atoms with Crippen LogP contribution < -0.4 is 20.4 Å². The lowest BCUT2D eigenvalue weighted by atomic mass is 9.46. The molecule has 21 nitrogen and oxygen atoms in total. The predicted molar refractivity (Wildman–Crippen MR) is 248 cm³/mol. The molecule has 2 heterocycles. The van der Waals surface area contributed by atoms with Gasteiger partial charge in [0.2, 0.25) is 23.9 Å². The van der Waals surface area contributed by atoms with Crippen molar-refractivity contribution >= 4 is 64.0 Å². The van der Waals surface area contributed by atoms with Gasteiger partial charge in [-0.2, -0.15) is 0 Å². The molecule has 0 bridgehead atoms. The molecule has 9 atom stereocenters. The Kier molecular flexibility index (Phi) is 14.2. The fourth-order valence-corrected chi connectivity index (χ4v) is 12.4. The van der Waals surface area contributed by atoms with E-state index in [0.717, 1.165) is 24.5 Å². The molecule has 1 aromatic carbocycles. The van der Waals surface area contributed by atoms with Gasteiger partial charge in [0.15, 0.2) is 24.0 Å². The van der Waals surface area contributed by atoms with E-state index in [1.54, 1.807) is 29.4 Å². The quantitative estimate of drug-likeness (QED) is 0.119. The van der Waals surface area contributed by atoms with Gasteiger partial charge in [0.05, 0.1) is 37.0 Å². The Hall–Kier alpha value is -6.68. The van der Waals surface area contributed by atoms with E-state index in [2.05, 4.69) is 5.32 Å². The highest BCUT2D eigenvalue weighted by atomic mass is 19.1. The lowest BCUT2D eigenvalue weighted by Gasteiger charge is -2.59. The Morgan fingerprint density at radius 3 is 2.38 bits per heavy atom. The number of rotatable bonds is 16. The molecule has 1 saturated heterocycles. The number of amides is 2. The average Bonchev–Trinajstić information content (AvgIpc) is 4.13. The number of aliphatic carboxylic acids is 1. The highest BCUT2D eigenvalue weighted by Gasteiger charge is 2.68. The number of aromatic nitrogens is 1. The van der Waals surface area contributed by atoms with E-state index in [1.165, 1.54) is 24.3 Å². The Morgan fingerprint density at radius 1 is 0.972 bits per heavy atom. The number of ether oxygens (including phenoxy) is 4. The monoisotopic (exact) mass is 1010 g/mol. The van der Waals surface area contributed by atoms with E-state index in [0.29, 0.717) is 19.3 Å². The number of nitrogens with zero attached hydrogens (tertiary/aromatic N) is 3. The number of ketones is 2. The van der Waals surface area contributed by atoms with Crippen molar-refractivity contribution in [3.8, 4) is 5.75 Å². The van der Waals surface area contributed by atoms with Crippen molar-refractivity contribution in [2.24, 2.45) is 28.6 Å². The van der Waals surface area contributed by atoms with E-state index in [9.17, 15) is 63.6 Å². The van der Waals surface area contributed by atoms with Gasteiger partial charge in [-0.25, -0.2) is 18.8 Å². The summed E-state index contributed by atoms with van der Waals surface area (Å²) in [7, 11) is 1.31. The Balaban J connectivity index is 0.777. The number of anilines is 1. The van der Waals surface area contributed by atoms with Gasteiger partial charge < -0.3 is 59.1 Å². The zero-order chi connectivity index (χ0) is 52.2. The topological polar surface area (TPSA) is 295 Å². The number of methoxy groups -OCH3 is 1. The number of aliphatic hydroxyl groups excluding tert-OH is 1. The van der Waals surface area contributed by atoms with Gasteiger partial charge in [0.1, 0.15) is 22.9 Å². The number of nitrogens with one attached hydrogen (secondary N) is 1. The van der Waals surface area contributed by atoms with E-state index in [-0.39, 0.29) is 84.4 Å². The van der Waals surface area contributed by atoms with Crippen LogP contribution in [-0.4, -0.2) is 141 Å². The first kappa shape index (κ1) is 51.7. The lowest BCUT2D eigenvalue weighted by molar-refractivity contribution is -0.181. The molecule has 0 radical (unpaired) electrons. The van der Waals surface area contributed by atoms with Gasteiger partial charge >= 0.3 is 30.0 Å². The number of aromatic carboxylic acids is 1. The summed E-state index contributed by atoms with van der Waals surface area (Å²) >= 11 is 0. The molecule has 1 aliphatic heterocycles. The Labute approximate surface area is 411 Å². The molecule has 6 aliphatic rings. The number of aliphatic hydroxyl groups is 2. The third kappa shape index (κ3) is 9.33. The van der Waals surface area contributed by atoms with Crippen molar-refractivity contribution in [1.29, 1.82) is 0 Å². The van der Waals surface area contributed by atoms with Crippen molar-refractivity contribution in [1.82, 2.24) is 14.8 Å². The molecule has 8 rings (SSSR count). The number of carboxylic acids is 2. The van der Waals surface area contributed by atoms with Crippen molar-refractivity contribution in [2.75, 3.05) is 45.0 Å². The molecule has 4 saturated carbocycles. The number of halogens is 1. The zero-order valence-electron chi connectivity index (χ0n) is 40.4. The smallest absolute Gasteiger partial charge is 0.413 e. The predicted octanol–water partition coefficient (Wildman–Crippen LogP) is 3.19. The minimum Gasteiger partial charge on any atom is -0.492 e. The molecule has 72 heavy (non-hydrogen) atoms. The number of Topliss-reactive ketones (excluding diaryl/α,β-unsaturated/α-hetero) is 1. The molecular formula is C50H59FN4O17. The van der Waals surface area contributed by atoms with Gasteiger partial charge in [0, 0.05) is 61.1 Å². The summed E-state index contributed by atoms with van der Waals surface area (Å²) in [5.41, 5.74) is -3.60. The maximum atomic E-state index is 15.9. The van der Waals surface area contributed by atoms with Crippen LogP contribution in [0.4, 0.5) is 14.9 Å². The second-order valence-corrected chi connectivity index (χ2v) is 20.3. The second-order valence-electron chi connectivity index (χ2n) is 20.3. The van der Waals surface area contributed by atoms with Crippen molar-refractivity contribution in [3.05, 3.63) is 57.7 Å². The number of carbonyl (C=O) groups is 8. The molecule has 22 heteroatoms. The van der Waals surface area contributed by atoms with Gasteiger partial charge in [-0.3, -0.25) is 28.8 Å². The van der Waals surface area contributed by atoms with Crippen LogP contribution >= 0.6 is 0 Å². The first-order chi connectivity index (χ1) is 34.0.